The second kappa shape index (κ2) is 12.0. The molecule has 39 heavy (non-hydrogen) atoms. The number of aromatic nitrogens is 2. The maximum Gasteiger partial charge on any atom is 0.269 e. The number of nitro benzene ring substituents is 1. The molecule has 3 aromatic carbocycles. The third-order valence-corrected chi connectivity index (χ3v) is 6.27. The summed E-state index contributed by atoms with van der Waals surface area (Å²) in [5, 5.41) is 18.6. The summed E-state index contributed by atoms with van der Waals surface area (Å²) >= 11 is 0. The van der Waals surface area contributed by atoms with E-state index >= 15 is 0 Å². The largest absolute Gasteiger partial charge is 0.330 e. The number of hydrogen-bond donors (Lipinski definition) is 1. The summed E-state index contributed by atoms with van der Waals surface area (Å²) in [6.45, 7) is 5.83. The lowest BCUT2D eigenvalue weighted by Crippen LogP contribution is -2.37. The van der Waals surface area contributed by atoms with Gasteiger partial charge in [0.1, 0.15) is 12.4 Å². The van der Waals surface area contributed by atoms with Crippen LogP contribution in [0.4, 0.5) is 11.5 Å². The van der Waals surface area contributed by atoms with Crippen LogP contribution in [0.3, 0.4) is 0 Å². The number of hydrogen-bond acceptors (Lipinski definition) is 5. The highest BCUT2D eigenvalue weighted by atomic mass is 16.6. The van der Waals surface area contributed by atoms with E-state index in [9.17, 15) is 19.7 Å². The van der Waals surface area contributed by atoms with Crippen LogP contribution in [0.1, 0.15) is 23.7 Å². The first kappa shape index (κ1) is 27.0. The highest BCUT2D eigenvalue weighted by Gasteiger charge is 2.22. The number of rotatable bonds is 9. The number of benzene rings is 3. The summed E-state index contributed by atoms with van der Waals surface area (Å²) in [5.41, 5.74) is 4.93. The highest BCUT2D eigenvalue weighted by Crippen LogP contribution is 2.34. The lowest BCUT2D eigenvalue weighted by Gasteiger charge is -2.19. The lowest BCUT2D eigenvalue weighted by atomic mass is 10.1. The first-order valence-corrected chi connectivity index (χ1v) is 12.5. The van der Waals surface area contributed by atoms with Gasteiger partial charge in [0, 0.05) is 30.3 Å². The van der Waals surface area contributed by atoms with Gasteiger partial charge < -0.3 is 10.2 Å². The summed E-state index contributed by atoms with van der Waals surface area (Å²) in [6, 6.07) is 23.4. The molecule has 2 amide bonds. The fourth-order valence-corrected chi connectivity index (χ4v) is 4.24. The van der Waals surface area contributed by atoms with Crippen LogP contribution in [0, 0.1) is 24.0 Å². The van der Waals surface area contributed by atoms with Crippen molar-refractivity contribution < 1.29 is 14.5 Å². The molecule has 0 atom stereocenters. The SMILES string of the molecule is CCN(CC(=O)Nc1c(-c2ccccc2)c(C)nn1-c1ccccc1C)C(=O)/C=C/c1ccc([N+](=O)[O-])cc1. The Labute approximate surface area is 226 Å². The average Bonchev–Trinajstić information content (AvgIpc) is 3.26. The number of aryl methyl sites for hydroxylation is 2. The smallest absolute Gasteiger partial charge is 0.269 e. The maximum atomic E-state index is 13.3. The molecule has 0 aliphatic carbocycles. The van der Waals surface area contributed by atoms with Gasteiger partial charge in [0.05, 0.1) is 16.3 Å². The summed E-state index contributed by atoms with van der Waals surface area (Å²) in [6.07, 6.45) is 2.92. The van der Waals surface area contributed by atoms with Crippen LogP contribution < -0.4 is 5.32 Å². The Morgan fingerprint density at radius 2 is 1.67 bits per heavy atom. The van der Waals surface area contributed by atoms with E-state index in [0.717, 1.165) is 28.1 Å². The summed E-state index contributed by atoms with van der Waals surface area (Å²) in [7, 11) is 0. The van der Waals surface area contributed by atoms with Crippen LogP contribution in [0.2, 0.25) is 0 Å². The molecule has 1 N–H and O–H groups in total. The van der Waals surface area contributed by atoms with Crippen molar-refractivity contribution >= 4 is 29.4 Å². The van der Waals surface area contributed by atoms with Crippen molar-refractivity contribution in [1.82, 2.24) is 14.7 Å². The summed E-state index contributed by atoms with van der Waals surface area (Å²) < 4.78 is 1.73. The predicted molar refractivity (Wildman–Crippen MR) is 151 cm³/mol. The topological polar surface area (TPSA) is 110 Å². The Hall–Kier alpha value is -5.05. The Morgan fingerprint density at radius 1 is 1.00 bits per heavy atom. The van der Waals surface area contributed by atoms with Gasteiger partial charge in [0.25, 0.3) is 5.69 Å². The van der Waals surface area contributed by atoms with Crippen molar-refractivity contribution in [3.63, 3.8) is 0 Å². The molecule has 0 saturated carbocycles. The minimum Gasteiger partial charge on any atom is -0.330 e. The van der Waals surface area contributed by atoms with Gasteiger partial charge in [-0.3, -0.25) is 19.7 Å². The lowest BCUT2D eigenvalue weighted by molar-refractivity contribution is -0.384. The minimum atomic E-state index is -0.480. The number of para-hydroxylation sites is 1. The number of amides is 2. The van der Waals surface area contributed by atoms with Crippen molar-refractivity contribution in [1.29, 1.82) is 0 Å². The Morgan fingerprint density at radius 3 is 2.31 bits per heavy atom. The van der Waals surface area contributed by atoms with Gasteiger partial charge in [0.2, 0.25) is 11.8 Å². The second-order valence-electron chi connectivity index (χ2n) is 8.96. The van der Waals surface area contributed by atoms with Crippen molar-refractivity contribution in [3.05, 3.63) is 112 Å². The van der Waals surface area contributed by atoms with Crippen molar-refractivity contribution in [3.8, 4) is 16.8 Å². The molecule has 0 unspecified atom stereocenters. The van der Waals surface area contributed by atoms with Crippen LogP contribution in [0.25, 0.3) is 22.9 Å². The van der Waals surface area contributed by atoms with Crippen LogP contribution in [-0.4, -0.2) is 44.5 Å². The monoisotopic (exact) mass is 523 g/mol. The molecule has 0 radical (unpaired) electrons. The first-order valence-electron chi connectivity index (χ1n) is 12.5. The number of anilines is 1. The van der Waals surface area contributed by atoms with E-state index in [-0.39, 0.29) is 24.0 Å². The molecule has 0 saturated heterocycles. The zero-order valence-corrected chi connectivity index (χ0v) is 22.0. The Bertz CT molecular complexity index is 1520. The van der Waals surface area contributed by atoms with Crippen molar-refractivity contribution in [2.75, 3.05) is 18.4 Å². The molecule has 4 rings (SSSR count). The normalized spacial score (nSPS) is 10.9. The molecule has 9 nitrogen and oxygen atoms in total. The molecule has 198 valence electrons. The van der Waals surface area contributed by atoms with Gasteiger partial charge >= 0.3 is 0 Å². The molecule has 0 aliphatic heterocycles. The van der Waals surface area contributed by atoms with Gasteiger partial charge in [-0.15, -0.1) is 0 Å². The number of likely N-dealkylation sites (N-methyl/N-ethyl adjacent to an activating group) is 1. The molecular formula is C30H29N5O4. The standard InChI is InChI=1S/C30H29N5O4/c1-4-33(28(37)19-16-23-14-17-25(18-15-23)35(38)39)20-27(36)31-30-29(24-11-6-5-7-12-24)22(3)32-34(30)26-13-9-8-10-21(26)2/h5-19H,4,20H2,1-3H3,(H,31,36)/b19-16+. The van der Waals surface area contributed by atoms with Crippen molar-refractivity contribution in [2.24, 2.45) is 0 Å². The second-order valence-corrected chi connectivity index (χ2v) is 8.96. The molecule has 1 aromatic heterocycles. The third kappa shape index (κ3) is 6.27. The van der Waals surface area contributed by atoms with E-state index < -0.39 is 4.92 Å². The maximum absolute atomic E-state index is 13.3. The predicted octanol–water partition coefficient (Wildman–Crippen LogP) is 5.56. The van der Waals surface area contributed by atoms with Crippen molar-refractivity contribution in [2.45, 2.75) is 20.8 Å². The molecule has 9 heteroatoms. The third-order valence-electron chi connectivity index (χ3n) is 6.27. The molecule has 0 bridgehead atoms. The van der Waals surface area contributed by atoms with E-state index in [1.54, 1.807) is 29.8 Å². The number of carbonyl (C=O) groups is 2. The quantitative estimate of drug-likeness (QED) is 0.175. The zero-order valence-electron chi connectivity index (χ0n) is 22.0. The van der Waals surface area contributed by atoms with Gasteiger partial charge in [-0.2, -0.15) is 5.10 Å². The van der Waals surface area contributed by atoms with E-state index in [1.165, 1.54) is 23.1 Å². The number of carbonyl (C=O) groups excluding carboxylic acids is 2. The number of non-ortho nitro benzene ring substituents is 1. The van der Waals surface area contributed by atoms with Gasteiger partial charge in [-0.05, 0) is 61.7 Å². The van der Waals surface area contributed by atoms with E-state index in [0.29, 0.717) is 17.9 Å². The van der Waals surface area contributed by atoms with Gasteiger partial charge in [0.15, 0.2) is 0 Å². The van der Waals surface area contributed by atoms with E-state index in [2.05, 4.69) is 5.32 Å². The Kier molecular flexibility index (Phi) is 8.30. The van der Waals surface area contributed by atoms with Gasteiger partial charge in [-0.1, -0.05) is 48.5 Å². The van der Waals surface area contributed by atoms with E-state index in [4.69, 9.17) is 5.10 Å². The molecule has 0 spiro atoms. The van der Waals surface area contributed by atoms with Crippen LogP contribution >= 0.6 is 0 Å². The molecule has 0 fully saturated rings. The molecular weight excluding hydrogens is 494 g/mol. The highest BCUT2D eigenvalue weighted by molar-refractivity contribution is 6.00. The van der Waals surface area contributed by atoms with Crippen LogP contribution in [0.15, 0.2) is 84.9 Å². The van der Waals surface area contributed by atoms with E-state index in [1.807, 2.05) is 68.4 Å². The number of nitrogens with one attached hydrogen (secondary N) is 1. The summed E-state index contributed by atoms with van der Waals surface area (Å²) in [4.78, 5) is 37.9. The minimum absolute atomic E-state index is 0.0274. The van der Waals surface area contributed by atoms with Crippen LogP contribution in [-0.2, 0) is 9.59 Å². The molecule has 0 aliphatic rings. The zero-order chi connectivity index (χ0) is 27.9. The average molecular weight is 524 g/mol. The molecule has 4 aromatic rings. The molecule has 1 heterocycles. The number of nitro groups is 1. The Balaban J connectivity index is 1.57. The fraction of sp³-hybridized carbons (Fsp3) is 0.167. The fourth-order valence-electron chi connectivity index (χ4n) is 4.24. The van der Waals surface area contributed by atoms with Crippen LogP contribution in [0.5, 0.6) is 0 Å². The first-order chi connectivity index (χ1) is 18.8. The number of nitrogens with zero attached hydrogens (tertiary/aromatic N) is 4. The van der Waals surface area contributed by atoms with Gasteiger partial charge in [-0.25, -0.2) is 4.68 Å². The summed E-state index contributed by atoms with van der Waals surface area (Å²) in [5.74, 6) is -0.179.